The van der Waals surface area contributed by atoms with Gasteiger partial charge in [-0.25, -0.2) is 22.9 Å². The molecule has 2 amide bonds. The number of carbonyl (C=O) groups excluding carboxylic acids is 1. The van der Waals surface area contributed by atoms with E-state index in [4.69, 9.17) is 5.73 Å². The van der Waals surface area contributed by atoms with Crippen molar-refractivity contribution in [2.24, 2.45) is 0 Å². The molecule has 0 unspecified atom stereocenters. The Kier molecular flexibility index (Phi) is 7.11. The van der Waals surface area contributed by atoms with Crippen LogP contribution in [0.25, 0.3) is 21.0 Å². The number of urea groups is 1. The predicted octanol–water partition coefficient (Wildman–Crippen LogP) is 4.67. The van der Waals surface area contributed by atoms with Gasteiger partial charge in [-0.05, 0) is 71.0 Å². The Bertz CT molecular complexity index is 1240. The Morgan fingerprint density at radius 3 is 2.36 bits per heavy atom. The molecule has 0 bridgehead atoms. The van der Waals surface area contributed by atoms with Gasteiger partial charge in [-0.3, -0.25) is 0 Å². The number of nitrogens with one attached hydrogen (secondary N) is 3. The highest BCUT2D eigenvalue weighted by Crippen LogP contribution is 2.36. The van der Waals surface area contributed by atoms with Crippen LogP contribution in [0.5, 0.6) is 0 Å². The van der Waals surface area contributed by atoms with Crippen LogP contribution in [0.1, 0.15) is 34.6 Å². The number of nitrogens with two attached hydrogens (primary N) is 1. The molecule has 0 aliphatic rings. The number of aromatic nitrogens is 1. The Labute approximate surface area is 198 Å². The maximum atomic E-state index is 13.0. The summed E-state index contributed by atoms with van der Waals surface area (Å²) in [5, 5.41) is 6.28. The lowest BCUT2D eigenvalue weighted by molar-refractivity contribution is 0.250. The highest BCUT2D eigenvalue weighted by Gasteiger charge is 2.26. The average molecular weight is 488 g/mol. The summed E-state index contributed by atoms with van der Waals surface area (Å²) in [6.45, 7) is 9.13. The smallest absolute Gasteiger partial charge is 0.319 e. The van der Waals surface area contributed by atoms with Crippen LogP contribution in [0.15, 0.2) is 53.6 Å². The largest absolute Gasteiger partial charge is 0.399 e. The van der Waals surface area contributed by atoms with Gasteiger partial charge in [0, 0.05) is 40.3 Å². The molecular weight excluding hydrogens is 458 g/mol. The zero-order valence-electron chi connectivity index (χ0n) is 19.3. The van der Waals surface area contributed by atoms with Gasteiger partial charge in [-0.15, -0.1) is 11.3 Å². The number of benzene rings is 2. The monoisotopic (exact) mass is 487 g/mol. The molecule has 3 aromatic rings. The number of amides is 2. The quantitative estimate of drug-likeness (QED) is 0.376. The molecule has 0 fully saturated rings. The van der Waals surface area contributed by atoms with Crippen molar-refractivity contribution in [3.05, 3.63) is 48.7 Å². The average Bonchev–Trinajstić information content (AvgIpc) is 3.16. The summed E-state index contributed by atoms with van der Waals surface area (Å²) in [6.07, 6.45) is 1.66. The molecule has 5 N–H and O–H groups in total. The number of nitrogens with zero attached hydrogens (tertiary/aromatic N) is 1. The Morgan fingerprint density at radius 1 is 1.09 bits per heavy atom. The van der Waals surface area contributed by atoms with E-state index in [1.807, 2.05) is 26.0 Å². The van der Waals surface area contributed by atoms with Crippen molar-refractivity contribution in [1.82, 2.24) is 15.0 Å². The lowest BCUT2D eigenvalue weighted by atomic mass is 10.1. The lowest BCUT2D eigenvalue weighted by Gasteiger charge is -2.21. The van der Waals surface area contributed by atoms with Crippen molar-refractivity contribution in [2.45, 2.75) is 51.1 Å². The van der Waals surface area contributed by atoms with E-state index < -0.39 is 15.6 Å². The van der Waals surface area contributed by atoms with Gasteiger partial charge in [-0.2, -0.15) is 0 Å². The predicted molar refractivity (Wildman–Crippen MR) is 135 cm³/mol. The van der Waals surface area contributed by atoms with Crippen molar-refractivity contribution < 1.29 is 13.2 Å². The van der Waals surface area contributed by atoms with Crippen molar-refractivity contribution in [3.8, 4) is 21.0 Å². The van der Waals surface area contributed by atoms with E-state index in [9.17, 15) is 13.2 Å². The Hall–Kier alpha value is -2.95. The molecule has 3 rings (SSSR count). The van der Waals surface area contributed by atoms with Gasteiger partial charge >= 0.3 is 6.03 Å². The van der Waals surface area contributed by atoms with E-state index >= 15 is 0 Å². The van der Waals surface area contributed by atoms with Gasteiger partial charge in [0.25, 0.3) is 0 Å². The highest BCUT2D eigenvalue weighted by molar-refractivity contribution is 7.89. The number of sulfonamides is 1. The standard InChI is InChI=1S/C23H29N5O3S2/c1-14(2)26-22(29)27-17-9-6-15(7-10-17)21-25-13-19(32-21)18-11-8-16(24)12-20(18)33(30,31)28-23(3,4)5/h6-14,28H,24H2,1-5H3,(H2,26,27,29). The number of anilines is 2. The Balaban J connectivity index is 1.89. The van der Waals surface area contributed by atoms with Crippen LogP contribution in [0.3, 0.4) is 0 Å². The SMILES string of the molecule is CC(C)NC(=O)Nc1ccc(-c2ncc(-c3ccc(N)cc3S(=O)(=O)NC(C)(C)C)s2)cc1. The molecule has 176 valence electrons. The first-order chi connectivity index (χ1) is 15.3. The number of carbonyl (C=O) groups is 1. The van der Waals surface area contributed by atoms with Crippen LogP contribution >= 0.6 is 11.3 Å². The number of nitrogen functional groups attached to an aromatic ring is 1. The molecule has 0 radical (unpaired) electrons. The molecule has 2 aromatic carbocycles. The Morgan fingerprint density at radius 2 is 1.76 bits per heavy atom. The minimum Gasteiger partial charge on any atom is -0.399 e. The molecule has 10 heteroatoms. The van der Waals surface area contributed by atoms with Crippen LogP contribution in [0.2, 0.25) is 0 Å². The first-order valence-electron chi connectivity index (χ1n) is 10.4. The second kappa shape index (κ2) is 9.50. The fraction of sp³-hybridized carbons (Fsp3) is 0.304. The summed E-state index contributed by atoms with van der Waals surface area (Å²) in [5.74, 6) is 0. The van der Waals surface area contributed by atoms with Crippen LogP contribution in [0.4, 0.5) is 16.2 Å². The molecule has 1 aromatic heterocycles. The number of hydrogen-bond acceptors (Lipinski definition) is 6. The number of rotatable bonds is 6. The molecule has 0 saturated heterocycles. The normalized spacial score (nSPS) is 12.1. The third-order valence-corrected chi connectivity index (χ3v) is 7.19. The summed E-state index contributed by atoms with van der Waals surface area (Å²) in [5.41, 5.74) is 7.68. The summed E-state index contributed by atoms with van der Waals surface area (Å²) < 4.78 is 28.8. The summed E-state index contributed by atoms with van der Waals surface area (Å²) in [6, 6.07) is 11.9. The van der Waals surface area contributed by atoms with Gasteiger partial charge in [0.1, 0.15) is 5.01 Å². The van der Waals surface area contributed by atoms with Crippen LogP contribution in [0, 0.1) is 0 Å². The second-order valence-corrected chi connectivity index (χ2v) is 11.7. The molecule has 0 aliphatic carbocycles. The van der Waals surface area contributed by atoms with Crippen LogP contribution in [-0.4, -0.2) is 31.0 Å². The third-order valence-electron chi connectivity index (χ3n) is 4.32. The molecule has 33 heavy (non-hydrogen) atoms. The lowest BCUT2D eigenvalue weighted by Crippen LogP contribution is -2.40. The molecule has 0 aliphatic heterocycles. The topological polar surface area (TPSA) is 126 Å². The molecule has 0 saturated carbocycles. The first-order valence-corrected chi connectivity index (χ1v) is 12.7. The maximum absolute atomic E-state index is 13.0. The van der Waals surface area contributed by atoms with E-state index in [1.54, 1.807) is 51.2 Å². The van der Waals surface area contributed by atoms with Crippen molar-refractivity contribution >= 4 is 38.8 Å². The maximum Gasteiger partial charge on any atom is 0.319 e. The summed E-state index contributed by atoms with van der Waals surface area (Å²) in [7, 11) is -3.80. The van der Waals surface area contributed by atoms with Crippen molar-refractivity contribution in [1.29, 1.82) is 0 Å². The van der Waals surface area contributed by atoms with E-state index in [1.165, 1.54) is 17.4 Å². The fourth-order valence-corrected chi connectivity index (χ4v) is 5.78. The van der Waals surface area contributed by atoms with Gasteiger partial charge in [-0.1, -0.05) is 6.07 Å². The minimum atomic E-state index is -3.80. The molecule has 1 heterocycles. The van der Waals surface area contributed by atoms with Crippen molar-refractivity contribution in [3.63, 3.8) is 0 Å². The van der Waals surface area contributed by atoms with Gasteiger partial charge in [0.15, 0.2) is 0 Å². The fourth-order valence-electron chi connectivity index (χ4n) is 3.08. The molecule has 0 spiro atoms. The zero-order chi connectivity index (χ0) is 24.4. The molecule has 0 atom stereocenters. The number of thiazole rings is 1. The van der Waals surface area contributed by atoms with Crippen molar-refractivity contribution in [2.75, 3.05) is 11.1 Å². The third kappa shape index (κ3) is 6.53. The van der Waals surface area contributed by atoms with Crippen LogP contribution in [-0.2, 0) is 10.0 Å². The van der Waals surface area contributed by atoms with Crippen LogP contribution < -0.4 is 21.1 Å². The van der Waals surface area contributed by atoms with E-state index in [2.05, 4.69) is 20.3 Å². The molecule has 8 nitrogen and oxygen atoms in total. The van der Waals surface area contributed by atoms with E-state index in [0.717, 1.165) is 10.6 Å². The van der Waals surface area contributed by atoms with Gasteiger partial charge in [0.05, 0.1) is 9.77 Å². The first kappa shape index (κ1) is 24.7. The van der Waals surface area contributed by atoms with E-state index in [-0.39, 0.29) is 17.0 Å². The minimum absolute atomic E-state index is 0.0404. The molecular formula is C23H29N5O3S2. The highest BCUT2D eigenvalue weighted by atomic mass is 32.2. The van der Waals surface area contributed by atoms with Gasteiger partial charge in [0.2, 0.25) is 10.0 Å². The summed E-state index contributed by atoms with van der Waals surface area (Å²) >= 11 is 1.38. The van der Waals surface area contributed by atoms with E-state index in [0.29, 0.717) is 21.8 Å². The second-order valence-electron chi connectivity index (χ2n) is 8.97. The zero-order valence-corrected chi connectivity index (χ0v) is 20.9. The van der Waals surface area contributed by atoms with Gasteiger partial charge < -0.3 is 16.4 Å². The summed E-state index contributed by atoms with van der Waals surface area (Å²) in [4.78, 5) is 17.2. The number of hydrogen-bond donors (Lipinski definition) is 4.